The van der Waals surface area contributed by atoms with Gasteiger partial charge in [0.2, 0.25) is 0 Å². The van der Waals surface area contributed by atoms with E-state index in [1.54, 1.807) is 0 Å². The number of thioether (sulfide) groups is 1. The Hall–Kier alpha value is -2.79. The first-order chi connectivity index (χ1) is 11.4. The predicted octanol–water partition coefficient (Wildman–Crippen LogP) is 2.19. The molecule has 0 fully saturated rings. The number of fused-ring (bicyclic) bond motifs is 1. The molecule has 0 spiro atoms. The molecule has 122 valence electrons. The molecular weight excluding hydrogens is 354 g/mol. The van der Waals surface area contributed by atoms with Gasteiger partial charge in [0, 0.05) is 17.7 Å². The summed E-state index contributed by atoms with van der Waals surface area (Å²) in [5.41, 5.74) is 0.222. The van der Waals surface area contributed by atoms with E-state index in [0.29, 0.717) is 10.8 Å². The lowest BCUT2D eigenvalue weighted by Gasteiger charge is -1.99. The number of aromatic nitrogens is 4. The monoisotopic (exact) mass is 363 g/mol. The minimum absolute atomic E-state index is 0.0135. The number of nitro benzene ring substituents is 1. The summed E-state index contributed by atoms with van der Waals surface area (Å²) in [6.45, 7) is 0. The van der Waals surface area contributed by atoms with Crippen LogP contribution in [0.15, 0.2) is 34.2 Å². The molecule has 0 radical (unpaired) electrons. The third kappa shape index (κ3) is 3.26. The Balaban J connectivity index is 1.78. The molecule has 9 nitrogen and oxygen atoms in total. The van der Waals surface area contributed by atoms with E-state index in [2.05, 4.69) is 19.9 Å². The molecule has 3 N–H and O–H groups in total. The molecule has 0 aliphatic rings. The van der Waals surface area contributed by atoms with E-state index in [9.17, 15) is 19.7 Å². The molecule has 24 heavy (non-hydrogen) atoms. The van der Waals surface area contributed by atoms with Crippen molar-refractivity contribution in [2.75, 3.05) is 5.75 Å². The summed E-state index contributed by atoms with van der Waals surface area (Å²) >= 11 is 5.94. The van der Waals surface area contributed by atoms with Gasteiger partial charge in [-0.05, 0) is 12.2 Å². The number of hydrogen-bond donors (Lipinski definition) is 3. The smallest absolute Gasteiger partial charge is 0.277 e. The zero-order valence-corrected chi connectivity index (χ0v) is 13.5. The van der Waals surface area contributed by atoms with Crippen molar-refractivity contribution < 1.29 is 9.72 Å². The first kappa shape index (κ1) is 16.1. The van der Waals surface area contributed by atoms with Gasteiger partial charge in [-0.25, -0.2) is 4.98 Å². The third-order valence-corrected chi connectivity index (χ3v) is 4.16. The fourth-order valence-electron chi connectivity index (χ4n) is 1.99. The average molecular weight is 363 g/mol. The second kappa shape index (κ2) is 6.37. The summed E-state index contributed by atoms with van der Waals surface area (Å²) in [4.78, 5) is 46.2. The molecular formula is C13H9N5O4S2. The fourth-order valence-corrected chi connectivity index (χ4v) is 2.94. The Morgan fingerprint density at radius 1 is 1.33 bits per heavy atom. The van der Waals surface area contributed by atoms with Crippen LogP contribution >= 0.6 is 24.0 Å². The lowest BCUT2D eigenvalue weighted by atomic mass is 10.1. The van der Waals surface area contributed by atoms with Crippen molar-refractivity contribution in [3.05, 3.63) is 55.1 Å². The minimum Gasteiger partial charge on any atom is -0.327 e. The van der Waals surface area contributed by atoms with Crippen LogP contribution in [0.2, 0.25) is 0 Å². The molecule has 0 aliphatic carbocycles. The maximum Gasteiger partial charge on any atom is 0.277 e. The molecule has 3 aromatic rings. The first-order valence-electron chi connectivity index (χ1n) is 6.57. The van der Waals surface area contributed by atoms with E-state index in [1.165, 1.54) is 24.3 Å². The van der Waals surface area contributed by atoms with Crippen molar-refractivity contribution in [3.63, 3.8) is 0 Å². The largest absolute Gasteiger partial charge is 0.327 e. The maximum absolute atomic E-state index is 12.2. The number of nitro groups is 1. The minimum atomic E-state index is -0.558. The average Bonchev–Trinajstić information content (AvgIpc) is 2.96. The standard InChI is InChI=1S/C13H9N5O4S2/c19-8(6-2-1-3-7(4-6)18(21)22)5-24-13-14-9-10(16-13)15-12(23)17-11(9)20/h1-4H,5H2,(H3,14,15,16,17,20,23). The molecule has 0 atom stereocenters. The Bertz CT molecular complexity index is 1070. The molecule has 2 aromatic heterocycles. The van der Waals surface area contributed by atoms with Gasteiger partial charge < -0.3 is 9.97 Å². The van der Waals surface area contributed by atoms with Crippen molar-refractivity contribution in [3.8, 4) is 0 Å². The van der Waals surface area contributed by atoms with Crippen molar-refractivity contribution in [1.29, 1.82) is 0 Å². The molecule has 0 aliphatic heterocycles. The number of non-ortho nitro benzene ring substituents is 1. The van der Waals surface area contributed by atoms with Crippen LogP contribution in [-0.4, -0.2) is 36.4 Å². The molecule has 1 aromatic carbocycles. The van der Waals surface area contributed by atoms with Crippen LogP contribution in [0, 0.1) is 14.9 Å². The van der Waals surface area contributed by atoms with Gasteiger partial charge in [-0.15, -0.1) is 0 Å². The number of H-pyrrole nitrogens is 3. The van der Waals surface area contributed by atoms with Crippen LogP contribution in [0.1, 0.15) is 10.4 Å². The molecule has 0 saturated carbocycles. The van der Waals surface area contributed by atoms with Gasteiger partial charge in [0.25, 0.3) is 11.2 Å². The van der Waals surface area contributed by atoms with Crippen molar-refractivity contribution >= 4 is 46.6 Å². The number of rotatable bonds is 5. The van der Waals surface area contributed by atoms with Crippen LogP contribution < -0.4 is 5.56 Å². The molecule has 0 unspecified atom stereocenters. The van der Waals surface area contributed by atoms with Gasteiger partial charge in [-0.3, -0.25) is 24.7 Å². The highest BCUT2D eigenvalue weighted by atomic mass is 32.2. The quantitative estimate of drug-likeness (QED) is 0.208. The summed E-state index contributed by atoms with van der Waals surface area (Å²) in [5, 5.41) is 11.1. The van der Waals surface area contributed by atoms with E-state index in [0.717, 1.165) is 11.8 Å². The Morgan fingerprint density at radius 3 is 2.88 bits per heavy atom. The summed E-state index contributed by atoms with van der Waals surface area (Å²) in [6.07, 6.45) is 0. The Labute approximate surface area is 142 Å². The van der Waals surface area contributed by atoms with Crippen LogP contribution in [0.25, 0.3) is 11.2 Å². The highest BCUT2D eigenvalue weighted by Crippen LogP contribution is 2.19. The van der Waals surface area contributed by atoms with Crippen LogP contribution in [0.4, 0.5) is 5.69 Å². The van der Waals surface area contributed by atoms with Gasteiger partial charge >= 0.3 is 0 Å². The zero-order valence-electron chi connectivity index (χ0n) is 11.9. The van der Waals surface area contributed by atoms with Crippen LogP contribution in [0.5, 0.6) is 0 Å². The topological polar surface area (TPSA) is 138 Å². The van der Waals surface area contributed by atoms with Gasteiger partial charge in [-0.2, -0.15) is 0 Å². The van der Waals surface area contributed by atoms with Gasteiger partial charge in [0.15, 0.2) is 21.4 Å². The van der Waals surface area contributed by atoms with E-state index in [4.69, 9.17) is 12.2 Å². The third-order valence-electron chi connectivity index (χ3n) is 3.09. The first-order valence-corrected chi connectivity index (χ1v) is 7.96. The van der Waals surface area contributed by atoms with Gasteiger partial charge in [-0.1, -0.05) is 23.9 Å². The number of benzene rings is 1. The van der Waals surface area contributed by atoms with E-state index >= 15 is 0 Å². The lowest BCUT2D eigenvalue weighted by molar-refractivity contribution is -0.384. The van der Waals surface area contributed by atoms with E-state index < -0.39 is 10.5 Å². The van der Waals surface area contributed by atoms with Crippen LogP contribution in [0.3, 0.4) is 0 Å². The Kier molecular flexibility index (Phi) is 4.27. The summed E-state index contributed by atoms with van der Waals surface area (Å²) in [7, 11) is 0. The number of imidazole rings is 1. The van der Waals surface area contributed by atoms with Crippen LogP contribution in [-0.2, 0) is 0 Å². The van der Waals surface area contributed by atoms with E-state index in [-0.39, 0.29) is 33.1 Å². The SMILES string of the molecule is O=C(CSc1nc2[nH]c(=S)[nH]c(=O)c2[nH]1)c1cccc([N+](=O)[O-])c1. The van der Waals surface area contributed by atoms with Gasteiger partial charge in [0.1, 0.15) is 5.52 Å². The predicted molar refractivity (Wildman–Crippen MR) is 90.0 cm³/mol. The number of ketones is 1. The number of carbonyl (C=O) groups is 1. The molecule has 0 amide bonds. The molecule has 3 rings (SSSR count). The lowest BCUT2D eigenvalue weighted by Crippen LogP contribution is -2.07. The fraction of sp³-hybridized carbons (Fsp3) is 0.0769. The highest BCUT2D eigenvalue weighted by molar-refractivity contribution is 7.99. The highest BCUT2D eigenvalue weighted by Gasteiger charge is 2.14. The molecule has 11 heteroatoms. The zero-order chi connectivity index (χ0) is 17.3. The molecule has 2 heterocycles. The van der Waals surface area contributed by atoms with Crippen molar-refractivity contribution in [1.82, 2.24) is 19.9 Å². The maximum atomic E-state index is 12.2. The molecule has 0 bridgehead atoms. The summed E-state index contributed by atoms with van der Waals surface area (Å²) < 4.78 is 0.156. The van der Waals surface area contributed by atoms with Crippen molar-refractivity contribution in [2.45, 2.75) is 5.16 Å². The normalized spacial score (nSPS) is 10.8. The molecule has 0 saturated heterocycles. The number of Topliss-reactive ketones (excluding diaryl/α,β-unsaturated/α-hetero) is 1. The van der Waals surface area contributed by atoms with Gasteiger partial charge in [0.05, 0.1) is 10.7 Å². The van der Waals surface area contributed by atoms with Crippen molar-refractivity contribution in [2.24, 2.45) is 0 Å². The number of aromatic amines is 3. The summed E-state index contributed by atoms with van der Waals surface area (Å²) in [6, 6.07) is 5.51. The second-order valence-corrected chi connectivity index (χ2v) is 6.07. The number of nitrogens with one attached hydrogen (secondary N) is 3. The number of hydrogen-bond acceptors (Lipinski definition) is 7. The van der Waals surface area contributed by atoms with E-state index in [1.807, 2.05) is 0 Å². The number of nitrogens with zero attached hydrogens (tertiary/aromatic N) is 2. The number of carbonyl (C=O) groups excluding carboxylic acids is 1. The Morgan fingerprint density at radius 2 is 2.12 bits per heavy atom. The second-order valence-electron chi connectivity index (χ2n) is 4.69. The summed E-state index contributed by atoms with van der Waals surface area (Å²) in [5.74, 6) is -0.273.